The Hall–Kier alpha value is -1.82. The first-order chi connectivity index (χ1) is 9.51. The molecule has 0 aromatic heterocycles. The molecule has 1 atom stereocenters. The number of benzene rings is 1. The van der Waals surface area contributed by atoms with E-state index in [1.807, 2.05) is 0 Å². The van der Waals surface area contributed by atoms with Crippen molar-refractivity contribution in [1.29, 1.82) is 0 Å². The summed E-state index contributed by atoms with van der Waals surface area (Å²) in [7, 11) is 0. The lowest BCUT2D eigenvalue weighted by Gasteiger charge is -2.33. The summed E-state index contributed by atoms with van der Waals surface area (Å²) >= 11 is 0. The zero-order valence-electron chi connectivity index (χ0n) is 11.5. The number of rotatable bonds is 4. The van der Waals surface area contributed by atoms with Crippen LogP contribution in [0.2, 0.25) is 0 Å². The molecule has 1 unspecified atom stereocenters. The number of nitrogen functional groups attached to an aromatic ring is 1. The van der Waals surface area contributed by atoms with Gasteiger partial charge in [-0.3, -0.25) is 0 Å². The number of likely N-dealkylation sites (tertiary alicyclic amines) is 1. The van der Waals surface area contributed by atoms with E-state index in [1.54, 1.807) is 0 Å². The Morgan fingerprint density at radius 3 is 3.00 bits per heavy atom. The molecule has 0 spiro atoms. The molecule has 2 rings (SSSR count). The summed E-state index contributed by atoms with van der Waals surface area (Å²) in [5, 5.41) is 12.1. The van der Waals surface area contributed by atoms with Crippen LogP contribution in [0.25, 0.3) is 0 Å². The number of carboxylic acids is 1. The fraction of sp³-hybridized carbons (Fsp3) is 0.500. The van der Waals surface area contributed by atoms with Crippen LogP contribution in [0.1, 0.15) is 30.1 Å². The van der Waals surface area contributed by atoms with E-state index >= 15 is 0 Å². The van der Waals surface area contributed by atoms with E-state index in [1.165, 1.54) is 12.1 Å². The predicted octanol–water partition coefficient (Wildman–Crippen LogP) is 2.00. The minimum absolute atomic E-state index is 0.209. The molecule has 1 aliphatic heterocycles. The van der Waals surface area contributed by atoms with E-state index in [2.05, 4.69) is 17.1 Å². The predicted molar refractivity (Wildman–Crippen MR) is 76.5 cm³/mol. The van der Waals surface area contributed by atoms with Crippen LogP contribution in [0, 0.1) is 5.82 Å². The molecule has 5 nitrogen and oxygen atoms in total. The average molecular weight is 281 g/mol. The van der Waals surface area contributed by atoms with Gasteiger partial charge in [-0.05, 0) is 38.1 Å². The number of carbonyl (C=O) groups is 1. The molecule has 110 valence electrons. The SMILES string of the molecule is CCN1CCCC(Nc2cc(F)c(C(=O)O)cc2N)C1. The second-order valence-corrected chi connectivity index (χ2v) is 5.10. The number of nitrogens with one attached hydrogen (secondary N) is 1. The van der Waals surface area contributed by atoms with Crippen molar-refractivity contribution in [2.45, 2.75) is 25.8 Å². The van der Waals surface area contributed by atoms with Crippen LogP contribution in [0.15, 0.2) is 12.1 Å². The van der Waals surface area contributed by atoms with E-state index in [4.69, 9.17) is 10.8 Å². The van der Waals surface area contributed by atoms with Crippen molar-refractivity contribution in [3.8, 4) is 0 Å². The molecule has 1 aromatic rings. The van der Waals surface area contributed by atoms with Crippen molar-refractivity contribution in [3.63, 3.8) is 0 Å². The van der Waals surface area contributed by atoms with Gasteiger partial charge in [0.25, 0.3) is 0 Å². The topological polar surface area (TPSA) is 78.6 Å². The van der Waals surface area contributed by atoms with Crippen LogP contribution < -0.4 is 11.1 Å². The summed E-state index contributed by atoms with van der Waals surface area (Å²) in [5.74, 6) is -2.08. The third kappa shape index (κ3) is 3.19. The van der Waals surface area contributed by atoms with E-state index < -0.39 is 17.3 Å². The van der Waals surface area contributed by atoms with Crippen molar-refractivity contribution >= 4 is 17.3 Å². The molecule has 1 aromatic carbocycles. The van der Waals surface area contributed by atoms with E-state index in [0.29, 0.717) is 5.69 Å². The smallest absolute Gasteiger partial charge is 0.338 e. The zero-order valence-corrected chi connectivity index (χ0v) is 11.5. The highest BCUT2D eigenvalue weighted by atomic mass is 19.1. The number of piperidine rings is 1. The first kappa shape index (κ1) is 14.6. The largest absolute Gasteiger partial charge is 0.478 e. The summed E-state index contributed by atoms with van der Waals surface area (Å²) in [6.45, 7) is 5.06. The molecule has 0 bridgehead atoms. The van der Waals surface area contributed by atoms with Crippen LogP contribution in [-0.4, -0.2) is 41.7 Å². The number of halogens is 1. The Morgan fingerprint density at radius 2 is 2.35 bits per heavy atom. The second-order valence-electron chi connectivity index (χ2n) is 5.10. The number of hydrogen-bond donors (Lipinski definition) is 3. The Balaban J connectivity index is 2.13. The standard InChI is InChI=1S/C14H20FN3O2/c1-2-18-5-3-4-9(8-18)17-13-7-11(15)10(14(19)20)6-12(13)16/h6-7,9,17H,2-5,8,16H2,1H3,(H,19,20). The van der Waals surface area contributed by atoms with Crippen molar-refractivity contribution in [1.82, 2.24) is 4.90 Å². The lowest BCUT2D eigenvalue weighted by molar-refractivity contribution is 0.0692. The minimum Gasteiger partial charge on any atom is -0.478 e. The molecule has 1 fully saturated rings. The highest BCUT2D eigenvalue weighted by Crippen LogP contribution is 2.25. The Bertz CT molecular complexity index is 507. The van der Waals surface area contributed by atoms with Crippen LogP contribution in [-0.2, 0) is 0 Å². The summed E-state index contributed by atoms with van der Waals surface area (Å²) in [6.07, 6.45) is 2.08. The number of likely N-dealkylation sites (N-methyl/N-ethyl adjacent to an activating group) is 1. The number of nitrogens with zero attached hydrogens (tertiary/aromatic N) is 1. The van der Waals surface area contributed by atoms with Crippen LogP contribution in [0.4, 0.5) is 15.8 Å². The second kappa shape index (κ2) is 6.09. The van der Waals surface area contributed by atoms with Gasteiger partial charge in [0.05, 0.1) is 16.9 Å². The maximum atomic E-state index is 13.7. The monoisotopic (exact) mass is 281 g/mol. The van der Waals surface area contributed by atoms with Gasteiger partial charge in [0.15, 0.2) is 0 Å². The maximum absolute atomic E-state index is 13.7. The lowest BCUT2D eigenvalue weighted by atomic mass is 10.0. The molecule has 0 amide bonds. The van der Waals surface area contributed by atoms with Gasteiger partial charge in [0.1, 0.15) is 5.82 Å². The van der Waals surface area contributed by atoms with Gasteiger partial charge in [-0.2, -0.15) is 0 Å². The molecule has 6 heteroatoms. The number of carboxylic acid groups (broad SMARTS) is 1. The fourth-order valence-electron chi connectivity index (χ4n) is 2.56. The molecule has 0 radical (unpaired) electrons. The fourth-order valence-corrected chi connectivity index (χ4v) is 2.56. The molecule has 1 heterocycles. The highest BCUT2D eigenvalue weighted by molar-refractivity contribution is 5.90. The van der Waals surface area contributed by atoms with Crippen molar-refractivity contribution in [2.75, 3.05) is 30.7 Å². The number of aromatic carboxylic acids is 1. The van der Waals surface area contributed by atoms with Gasteiger partial charge in [-0.25, -0.2) is 9.18 Å². The maximum Gasteiger partial charge on any atom is 0.338 e. The molecule has 0 saturated carbocycles. The summed E-state index contributed by atoms with van der Waals surface area (Å²) in [4.78, 5) is 13.2. The van der Waals surface area contributed by atoms with Gasteiger partial charge in [-0.15, -0.1) is 0 Å². The molecular formula is C14H20FN3O2. The van der Waals surface area contributed by atoms with Crippen LogP contribution >= 0.6 is 0 Å². The zero-order chi connectivity index (χ0) is 14.7. The van der Waals surface area contributed by atoms with E-state index in [-0.39, 0.29) is 11.7 Å². The molecule has 0 aliphatic carbocycles. The molecule has 1 aliphatic rings. The van der Waals surface area contributed by atoms with Crippen LogP contribution in [0.5, 0.6) is 0 Å². The molecule has 4 N–H and O–H groups in total. The van der Waals surface area contributed by atoms with Gasteiger partial charge in [-0.1, -0.05) is 6.92 Å². The molecule has 20 heavy (non-hydrogen) atoms. The van der Waals surface area contributed by atoms with Crippen LogP contribution in [0.3, 0.4) is 0 Å². The normalized spacial score (nSPS) is 19.8. The first-order valence-electron chi connectivity index (χ1n) is 6.82. The average Bonchev–Trinajstić information content (AvgIpc) is 2.42. The van der Waals surface area contributed by atoms with Crippen molar-refractivity contribution < 1.29 is 14.3 Å². The number of anilines is 2. The quantitative estimate of drug-likeness (QED) is 0.736. The summed E-state index contributed by atoms with van der Waals surface area (Å²) in [5.41, 5.74) is 6.14. The molecular weight excluding hydrogens is 261 g/mol. The molecule has 1 saturated heterocycles. The highest BCUT2D eigenvalue weighted by Gasteiger charge is 2.20. The van der Waals surface area contributed by atoms with Crippen molar-refractivity contribution in [3.05, 3.63) is 23.5 Å². The lowest BCUT2D eigenvalue weighted by Crippen LogP contribution is -2.41. The van der Waals surface area contributed by atoms with E-state index in [0.717, 1.165) is 32.5 Å². The van der Waals surface area contributed by atoms with Gasteiger partial charge in [0, 0.05) is 12.6 Å². The van der Waals surface area contributed by atoms with E-state index in [9.17, 15) is 9.18 Å². The van der Waals surface area contributed by atoms with Crippen molar-refractivity contribution in [2.24, 2.45) is 0 Å². The summed E-state index contributed by atoms with van der Waals surface area (Å²) in [6, 6.07) is 2.55. The Labute approximate surface area is 117 Å². The third-order valence-electron chi connectivity index (χ3n) is 3.68. The van der Waals surface area contributed by atoms with Gasteiger partial charge < -0.3 is 21.1 Å². The van der Waals surface area contributed by atoms with Gasteiger partial charge >= 0.3 is 5.97 Å². The minimum atomic E-state index is -1.31. The summed E-state index contributed by atoms with van der Waals surface area (Å²) < 4.78 is 13.7. The third-order valence-corrected chi connectivity index (χ3v) is 3.68. The Morgan fingerprint density at radius 1 is 1.60 bits per heavy atom. The van der Waals surface area contributed by atoms with Gasteiger partial charge in [0.2, 0.25) is 0 Å². The Kier molecular flexibility index (Phi) is 4.44. The first-order valence-corrected chi connectivity index (χ1v) is 6.82. The number of nitrogens with two attached hydrogens (primary N) is 1. The number of hydrogen-bond acceptors (Lipinski definition) is 4.